The number of rotatable bonds is 12. The molecule has 182 valence electrons. The summed E-state index contributed by atoms with van der Waals surface area (Å²) >= 11 is 0. The number of ether oxygens (including phenoxy) is 2. The summed E-state index contributed by atoms with van der Waals surface area (Å²) in [5.74, 6) is -1.56. The van der Waals surface area contributed by atoms with E-state index in [2.05, 4.69) is 28.1 Å². The molecule has 0 saturated heterocycles. The highest BCUT2D eigenvalue weighted by Crippen LogP contribution is 2.16. The van der Waals surface area contributed by atoms with Crippen molar-refractivity contribution in [1.29, 1.82) is 0 Å². The van der Waals surface area contributed by atoms with E-state index in [1.165, 1.54) is 11.8 Å². The van der Waals surface area contributed by atoms with Gasteiger partial charge in [-0.1, -0.05) is 31.2 Å². The van der Waals surface area contributed by atoms with E-state index in [9.17, 15) is 14.4 Å². The number of aryl methyl sites for hydroxylation is 1. The van der Waals surface area contributed by atoms with E-state index in [0.29, 0.717) is 36.6 Å². The largest absolute Gasteiger partial charge is 0.483 e. The maximum Gasteiger partial charge on any atom is 0.329 e. The Morgan fingerprint density at radius 1 is 1.03 bits per heavy atom. The molecule has 0 spiro atoms. The van der Waals surface area contributed by atoms with Crippen LogP contribution in [0.4, 0.5) is 5.69 Å². The molecule has 9 heteroatoms. The highest BCUT2D eigenvalue weighted by molar-refractivity contribution is 6.35. The van der Waals surface area contributed by atoms with Crippen molar-refractivity contribution in [2.45, 2.75) is 39.7 Å². The summed E-state index contributed by atoms with van der Waals surface area (Å²) in [5.41, 5.74) is 4.59. The SMILES string of the molecule is CCc1ccc(NC(=O)COc2ccccc2/C=N\NC(=O)C(=O)NCCCOC(C)C)cc1. The number of carbonyl (C=O) groups is 3. The van der Waals surface area contributed by atoms with Crippen LogP contribution in [0, 0.1) is 0 Å². The fourth-order valence-corrected chi connectivity index (χ4v) is 2.77. The van der Waals surface area contributed by atoms with Gasteiger partial charge in [-0.2, -0.15) is 5.10 Å². The van der Waals surface area contributed by atoms with Crippen molar-refractivity contribution < 1.29 is 23.9 Å². The lowest BCUT2D eigenvalue weighted by molar-refractivity contribution is -0.139. The van der Waals surface area contributed by atoms with Crippen molar-refractivity contribution >= 4 is 29.6 Å². The number of nitrogens with one attached hydrogen (secondary N) is 3. The molecule has 3 N–H and O–H groups in total. The van der Waals surface area contributed by atoms with Crippen molar-refractivity contribution in [2.24, 2.45) is 5.10 Å². The first-order valence-electron chi connectivity index (χ1n) is 11.2. The molecule has 2 rings (SSSR count). The van der Waals surface area contributed by atoms with Gasteiger partial charge in [0.2, 0.25) is 0 Å². The average molecular weight is 469 g/mol. The Morgan fingerprint density at radius 3 is 2.47 bits per heavy atom. The Hall–Kier alpha value is -3.72. The molecule has 0 atom stereocenters. The third-order valence-electron chi connectivity index (χ3n) is 4.56. The van der Waals surface area contributed by atoms with Gasteiger partial charge in [-0.05, 0) is 56.5 Å². The van der Waals surface area contributed by atoms with E-state index >= 15 is 0 Å². The number of hydrogen-bond donors (Lipinski definition) is 3. The normalized spacial score (nSPS) is 10.8. The summed E-state index contributed by atoms with van der Waals surface area (Å²) in [5, 5.41) is 9.09. The van der Waals surface area contributed by atoms with Crippen LogP contribution >= 0.6 is 0 Å². The molecule has 0 saturated carbocycles. The number of anilines is 1. The standard InChI is InChI=1S/C25H32N4O5/c1-4-19-10-12-21(13-11-19)28-23(30)17-34-22-9-6-5-8-20(22)16-27-29-25(32)24(31)26-14-7-15-33-18(2)3/h5-6,8-13,16,18H,4,7,14-15,17H2,1-3H3,(H,26,31)(H,28,30)(H,29,32)/b27-16-. The minimum atomic E-state index is -0.882. The predicted octanol–water partition coefficient (Wildman–Crippen LogP) is 2.65. The number of carbonyl (C=O) groups excluding carboxylic acids is 3. The van der Waals surface area contributed by atoms with Crippen LogP contribution in [0.3, 0.4) is 0 Å². The number of benzene rings is 2. The lowest BCUT2D eigenvalue weighted by atomic mass is 10.1. The Morgan fingerprint density at radius 2 is 1.76 bits per heavy atom. The summed E-state index contributed by atoms with van der Waals surface area (Å²) < 4.78 is 11.0. The van der Waals surface area contributed by atoms with Crippen LogP contribution in [0.5, 0.6) is 5.75 Å². The van der Waals surface area contributed by atoms with Crippen LogP contribution in [0.25, 0.3) is 0 Å². The molecule has 2 aromatic rings. The zero-order valence-electron chi connectivity index (χ0n) is 19.8. The van der Waals surface area contributed by atoms with Crippen molar-refractivity contribution in [1.82, 2.24) is 10.7 Å². The first-order chi connectivity index (χ1) is 16.4. The molecule has 0 aliphatic rings. The molecule has 0 fully saturated rings. The monoisotopic (exact) mass is 468 g/mol. The molecule has 34 heavy (non-hydrogen) atoms. The van der Waals surface area contributed by atoms with E-state index in [-0.39, 0.29) is 18.6 Å². The van der Waals surface area contributed by atoms with Gasteiger partial charge < -0.3 is 20.1 Å². The van der Waals surface area contributed by atoms with Crippen LogP contribution in [0.1, 0.15) is 38.3 Å². The molecule has 9 nitrogen and oxygen atoms in total. The second kappa shape index (κ2) is 14.4. The summed E-state index contributed by atoms with van der Waals surface area (Å²) in [4.78, 5) is 35.9. The summed E-state index contributed by atoms with van der Waals surface area (Å²) in [6.07, 6.45) is 2.99. The molecule has 0 aliphatic carbocycles. The van der Waals surface area contributed by atoms with E-state index in [0.717, 1.165) is 6.42 Å². The zero-order chi connectivity index (χ0) is 24.8. The van der Waals surface area contributed by atoms with Crippen molar-refractivity contribution in [3.05, 3.63) is 59.7 Å². The van der Waals surface area contributed by atoms with Gasteiger partial charge in [0.1, 0.15) is 5.75 Å². The maximum absolute atomic E-state index is 12.2. The summed E-state index contributed by atoms with van der Waals surface area (Å²) in [7, 11) is 0. The topological polar surface area (TPSA) is 118 Å². The number of hydrogen-bond acceptors (Lipinski definition) is 6. The fourth-order valence-electron chi connectivity index (χ4n) is 2.77. The van der Waals surface area contributed by atoms with Gasteiger partial charge >= 0.3 is 11.8 Å². The average Bonchev–Trinajstić information content (AvgIpc) is 2.83. The molecular weight excluding hydrogens is 436 g/mol. The summed E-state index contributed by atoms with van der Waals surface area (Å²) in [6, 6.07) is 14.5. The molecule has 0 heterocycles. The van der Waals surface area contributed by atoms with Gasteiger partial charge in [-0.15, -0.1) is 0 Å². The molecule has 0 bridgehead atoms. The molecular formula is C25H32N4O5. The second-order valence-electron chi connectivity index (χ2n) is 7.65. The summed E-state index contributed by atoms with van der Waals surface area (Å²) in [6.45, 7) is 6.54. The molecule has 0 radical (unpaired) electrons. The highest BCUT2D eigenvalue weighted by atomic mass is 16.5. The Labute approximate surface area is 199 Å². The third kappa shape index (κ3) is 9.83. The maximum atomic E-state index is 12.2. The smallest absolute Gasteiger partial charge is 0.329 e. The van der Waals surface area contributed by atoms with Gasteiger partial charge in [0, 0.05) is 24.4 Å². The van der Waals surface area contributed by atoms with Gasteiger partial charge in [-0.25, -0.2) is 5.43 Å². The Balaban J connectivity index is 1.79. The number of hydrazone groups is 1. The number of para-hydroxylation sites is 1. The van der Waals surface area contributed by atoms with Crippen molar-refractivity contribution in [3.8, 4) is 5.75 Å². The van der Waals surface area contributed by atoms with Crippen LogP contribution in [0.15, 0.2) is 53.6 Å². The number of nitrogens with zero attached hydrogens (tertiary/aromatic N) is 1. The minimum Gasteiger partial charge on any atom is -0.483 e. The van der Waals surface area contributed by atoms with E-state index in [4.69, 9.17) is 9.47 Å². The lowest BCUT2D eigenvalue weighted by Gasteiger charge is -2.10. The van der Waals surface area contributed by atoms with E-state index in [1.807, 2.05) is 38.1 Å². The van der Waals surface area contributed by atoms with Crippen LogP contribution < -0.4 is 20.8 Å². The van der Waals surface area contributed by atoms with Gasteiger partial charge in [-0.3, -0.25) is 14.4 Å². The second-order valence-corrected chi connectivity index (χ2v) is 7.65. The van der Waals surface area contributed by atoms with Gasteiger partial charge in [0.25, 0.3) is 5.91 Å². The van der Waals surface area contributed by atoms with Crippen molar-refractivity contribution in [2.75, 3.05) is 25.1 Å². The van der Waals surface area contributed by atoms with Gasteiger partial charge in [0.15, 0.2) is 6.61 Å². The first-order valence-corrected chi connectivity index (χ1v) is 11.2. The lowest BCUT2D eigenvalue weighted by Crippen LogP contribution is -2.38. The highest BCUT2D eigenvalue weighted by Gasteiger charge is 2.12. The molecule has 0 aliphatic heterocycles. The molecule has 0 unspecified atom stereocenters. The molecule has 3 amide bonds. The van der Waals surface area contributed by atoms with E-state index in [1.54, 1.807) is 24.3 Å². The number of amides is 3. The Kier molecular flexibility index (Phi) is 11.3. The minimum absolute atomic E-state index is 0.118. The van der Waals surface area contributed by atoms with E-state index < -0.39 is 11.8 Å². The van der Waals surface area contributed by atoms with Crippen LogP contribution in [0.2, 0.25) is 0 Å². The van der Waals surface area contributed by atoms with Crippen molar-refractivity contribution in [3.63, 3.8) is 0 Å². The van der Waals surface area contributed by atoms with Crippen LogP contribution in [-0.4, -0.2) is 49.8 Å². The fraction of sp³-hybridized carbons (Fsp3) is 0.360. The van der Waals surface area contributed by atoms with Gasteiger partial charge in [0.05, 0.1) is 12.3 Å². The Bertz CT molecular complexity index is 974. The quantitative estimate of drug-likeness (QED) is 0.192. The predicted molar refractivity (Wildman–Crippen MR) is 131 cm³/mol. The first kappa shape index (κ1) is 26.5. The molecule has 2 aromatic carbocycles. The third-order valence-corrected chi connectivity index (χ3v) is 4.56. The van der Waals surface area contributed by atoms with Crippen LogP contribution in [-0.2, 0) is 25.5 Å². The molecule has 0 aromatic heterocycles. The zero-order valence-corrected chi connectivity index (χ0v) is 19.8.